The number of nitrogens with zero attached hydrogens (tertiary/aromatic N) is 2. The number of rotatable bonds is 8. The Labute approximate surface area is 144 Å². The van der Waals surface area contributed by atoms with Crippen LogP contribution in [0.5, 0.6) is 0 Å². The monoisotopic (exact) mass is 318 g/mol. The number of likely N-dealkylation sites (tertiary alicyclic amines) is 1. The Balaban J connectivity index is 1.73. The first-order chi connectivity index (χ1) is 11.2. The smallest absolute Gasteiger partial charge is 0.0689 e. The maximum atomic E-state index is 9.72. The fraction of sp³-hybridized carbons (Fsp3) is 0.952. The predicted octanol–water partition coefficient (Wildman–Crippen LogP) is 5.92. The van der Waals surface area contributed by atoms with Gasteiger partial charge >= 0.3 is 0 Å². The Bertz CT molecular complexity index is 355. The Hall–Kier alpha value is -0.550. The van der Waals surface area contributed by atoms with E-state index in [1.807, 2.05) is 0 Å². The second kappa shape index (κ2) is 9.67. The molecule has 0 aromatic rings. The van der Waals surface area contributed by atoms with E-state index < -0.39 is 0 Å². The van der Waals surface area contributed by atoms with Gasteiger partial charge in [-0.25, -0.2) is 0 Å². The first kappa shape index (κ1) is 18.8. The van der Waals surface area contributed by atoms with Gasteiger partial charge < -0.3 is 4.90 Å². The maximum Gasteiger partial charge on any atom is 0.0689 e. The molecule has 0 radical (unpaired) electrons. The van der Waals surface area contributed by atoms with E-state index in [1.165, 1.54) is 77.3 Å². The fourth-order valence-corrected chi connectivity index (χ4v) is 4.84. The number of nitriles is 1. The third kappa shape index (κ3) is 5.49. The zero-order chi connectivity index (χ0) is 16.5. The van der Waals surface area contributed by atoms with Crippen LogP contribution in [0.4, 0.5) is 0 Å². The van der Waals surface area contributed by atoms with Crippen molar-refractivity contribution in [3.8, 4) is 6.07 Å². The molecule has 1 heterocycles. The first-order valence-electron chi connectivity index (χ1n) is 10.4. The highest BCUT2D eigenvalue weighted by Crippen LogP contribution is 2.42. The molecule has 1 aliphatic heterocycles. The molecule has 0 bridgehead atoms. The first-order valence-corrected chi connectivity index (χ1v) is 10.4. The molecule has 1 saturated heterocycles. The van der Waals surface area contributed by atoms with Gasteiger partial charge in [0.05, 0.1) is 11.5 Å². The molecule has 0 N–H and O–H groups in total. The van der Waals surface area contributed by atoms with Crippen molar-refractivity contribution in [1.82, 2.24) is 4.90 Å². The van der Waals surface area contributed by atoms with E-state index >= 15 is 0 Å². The largest absolute Gasteiger partial charge is 0.300 e. The molecule has 0 spiro atoms. The summed E-state index contributed by atoms with van der Waals surface area (Å²) in [5.74, 6) is 0.983. The zero-order valence-corrected chi connectivity index (χ0v) is 15.7. The third-order valence-corrected chi connectivity index (χ3v) is 6.52. The third-order valence-electron chi connectivity index (χ3n) is 6.52. The standard InChI is InChI=1S/C21H38N2/c1-3-5-6-7-13-21(18-22)14-9-20(10-15-21)23-16-11-19(8-4-2)12-17-23/h19-20H,3-17H2,1-2H3. The second-order valence-corrected chi connectivity index (χ2v) is 8.20. The van der Waals surface area contributed by atoms with Crippen molar-refractivity contribution in [2.24, 2.45) is 11.3 Å². The predicted molar refractivity (Wildman–Crippen MR) is 98.3 cm³/mol. The van der Waals surface area contributed by atoms with Crippen molar-refractivity contribution in [2.75, 3.05) is 13.1 Å². The van der Waals surface area contributed by atoms with Crippen LogP contribution in [0.15, 0.2) is 0 Å². The Morgan fingerprint density at radius 2 is 1.65 bits per heavy atom. The highest BCUT2D eigenvalue weighted by Gasteiger charge is 2.37. The van der Waals surface area contributed by atoms with Crippen LogP contribution in [0.3, 0.4) is 0 Å². The molecule has 0 atom stereocenters. The average molecular weight is 319 g/mol. The van der Waals surface area contributed by atoms with Crippen LogP contribution < -0.4 is 0 Å². The van der Waals surface area contributed by atoms with Crippen LogP contribution in [0.25, 0.3) is 0 Å². The summed E-state index contributed by atoms with van der Waals surface area (Å²) in [6, 6.07) is 3.50. The molecule has 132 valence electrons. The van der Waals surface area contributed by atoms with Crippen molar-refractivity contribution in [3.63, 3.8) is 0 Å². The molecule has 2 fully saturated rings. The van der Waals surface area contributed by atoms with E-state index in [4.69, 9.17) is 0 Å². The SMILES string of the molecule is CCCCCCC1(C#N)CCC(N2CCC(CCC)CC2)CC1. The highest BCUT2D eigenvalue weighted by molar-refractivity contribution is 5.03. The van der Waals surface area contributed by atoms with Gasteiger partial charge in [-0.05, 0) is 64.0 Å². The highest BCUT2D eigenvalue weighted by atomic mass is 15.2. The van der Waals surface area contributed by atoms with E-state index in [2.05, 4.69) is 24.8 Å². The molecular formula is C21H38N2. The fourth-order valence-electron chi connectivity index (χ4n) is 4.84. The van der Waals surface area contributed by atoms with E-state index in [1.54, 1.807) is 0 Å². The molecule has 1 aliphatic carbocycles. The molecule has 1 saturated carbocycles. The summed E-state index contributed by atoms with van der Waals surface area (Å²) in [6.07, 6.45) is 16.7. The van der Waals surface area contributed by atoms with Gasteiger partial charge in [0.25, 0.3) is 0 Å². The molecule has 2 rings (SSSR count). The number of unbranched alkanes of at least 4 members (excludes halogenated alkanes) is 3. The van der Waals surface area contributed by atoms with Gasteiger partial charge in [0.1, 0.15) is 0 Å². The molecule has 0 unspecified atom stereocenters. The molecule has 2 aliphatic rings. The van der Waals surface area contributed by atoms with E-state index in [-0.39, 0.29) is 5.41 Å². The van der Waals surface area contributed by atoms with Gasteiger partial charge in [-0.15, -0.1) is 0 Å². The summed E-state index contributed by atoms with van der Waals surface area (Å²) < 4.78 is 0. The summed E-state index contributed by atoms with van der Waals surface area (Å²) >= 11 is 0. The van der Waals surface area contributed by atoms with Crippen molar-refractivity contribution in [3.05, 3.63) is 0 Å². The lowest BCUT2D eigenvalue weighted by molar-refractivity contribution is 0.0758. The Kier molecular flexibility index (Phi) is 7.90. The lowest BCUT2D eigenvalue weighted by Crippen LogP contribution is -2.44. The summed E-state index contributed by atoms with van der Waals surface area (Å²) in [7, 11) is 0. The molecular weight excluding hydrogens is 280 g/mol. The summed E-state index contributed by atoms with van der Waals surface area (Å²) in [5, 5.41) is 9.72. The molecule has 23 heavy (non-hydrogen) atoms. The van der Waals surface area contributed by atoms with Gasteiger partial charge in [0.2, 0.25) is 0 Å². The van der Waals surface area contributed by atoms with E-state index in [0.717, 1.165) is 31.2 Å². The number of piperidine rings is 1. The minimum absolute atomic E-state index is 0.0186. The van der Waals surface area contributed by atoms with Crippen LogP contribution in [0.2, 0.25) is 0 Å². The van der Waals surface area contributed by atoms with Gasteiger partial charge in [-0.3, -0.25) is 0 Å². The van der Waals surface area contributed by atoms with Crippen LogP contribution in [0, 0.1) is 22.7 Å². The minimum atomic E-state index is 0.0186. The Morgan fingerprint density at radius 3 is 2.22 bits per heavy atom. The topological polar surface area (TPSA) is 27.0 Å². The average Bonchev–Trinajstić information content (AvgIpc) is 2.60. The van der Waals surface area contributed by atoms with Crippen LogP contribution in [0.1, 0.15) is 97.3 Å². The van der Waals surface area contributed by atoms with Crippen molar-refractivity contribution >= 4 is 0 Å². The van der Waals surface area contributed by atoms with Crippen LogP contribution >= 0.6 is 0 Å². The molecule has 2 nitrogen and oxygen atoms in total. The zero-order valence-electron chi connectivity index (χ0n) is 15.7. The van der Waals surface area contributed by atoms with Gasteiger partial charge in [-0.1, -0.05) is 52.4 Å². The number of hydrogen-bond acceptors (Lipinski definition) is 2. The van der Waals surface area contributed by atoms with Gasteiger partial charge in [0, 0.05) is 6.04 Å². The normalized spacial score (nSPS) is 30.2. The van der Waals surface area contributed by atoms with Crippen molar-refractivity contribution in [1.29, 1.82) is 5.26 Å². The van der Waals surface area contributed by atoms with Crippen molar-refractivity contribution < 1.29 is 0 Å². The summed E-state index contributed by atoms with van der Waals surface area (Å²) in [5.41, 5.74) is 0.0186. The van der Waals surface area contributed by atoms with Gasteiger partial charge in [0.15, 0.2) is 0 Å². The second-order valence-electron chi connectivity index (χ2n) is 8.20. The van der Waals surface area contributed by atoms with E-state index in [9.17, 15) is 5.26 Å². The van der Waals surface area contributed by atoms with Gasteiger partial charge in [-0.2, -0.15) is 5.26 Å². The molecule has 2 heteroatoms. The Morgan fingerprint density at radius 1 is 0.957 bits per heavy atom. The molecule has 0 aromatic carbocycles. The quantitative estimate of drug-likeness (QED) is 0.519. The van der Waals surface area contributed by atoms with Crippen LogP contribution in [-0.4, -0.2) is 24.0 Å². The molecule has 0 aromatic heterocycles. The summed E-state index contributed by atoms with van der Waals surface area (Å²) in [6.45, 7) is 7.20. The maximum absolute atomic E-state index is 9.72. The number of hydrogen-bond donors (Lipinski definition) is 0. The van der Waals surface area contributed by atoms with Crippen LogP contribution in [-0.2, 0) is 0 Å². The minimum Gasteiger partial charge on any atom is -0.300 e. The lowest BCUT2D eigenvalue weighted by atomic mass is 9.70. The van der Waals surface area contributed by atoms with Crippen molar-refractivity contribution in [2.45, 2.75) is 103 Å². The lowest BCUT2D eigenvalue weighted by Gasteiger charge is -2.43. The summed E-state index contributed by atoms with van der Waals surface area (Å²) in [4.78, 5) is 2.75. The molecule has 0 amide bonds. The van der Waals surface area contributed by atoms with E-state index in [0.29, 0.717) is 0 Å².